The van der Waals surface area contributed by atoms with Crippen LogP contribution in [0.25, 0.3) is 0 Å². The Bertz CT molecular complexity index is 364. The van der Waals surface area contributed by atoms with Gasteiger partial charge in [0.05, 0.1) is 0 Å². The first-order valence-electron chi connectivity index (χ1n) is 8.49. The highest BCUT2D eigenvalue weighted by atomic mass is 35.5. The molecule has 1 heterocycles. The van der Waals surface area contributed by atoms with Crippen LogP contribution in [0.2, 0.25) is 0 Å². The maximum atomic E-state index is 12.6. The van der Waals surface area contributed by atoms with Crippen LogP contribution in [0.4, 0.5) is 0 Å². The van der Waals surface area contributed by atoms with Gasteiger partial charge in [-0.2, -0.15) is 0 Å². The van der Waals surface area contributed by atoms with Crippen LogP contribution in [0.5, 0.6) is 0 Å². The number of carbonyl (C=O) groups is 2. The Hall–Kier alpha value is -0.810. The minimum atomic E-state index is -0.657. The molecule has 1 aliphatic heterocycles. The number of hydrogen-bond acceptors (Lipinski definition) is 3. The summed E-state index contributed by atoms with van der Waals surface area (Å²) in [5.74, 6) is 0.153. The van der Waals surface area contributed by atoms with Gasteiger partial charge in [-0.05, 0) is 45.2 Å². The fourth-order valence-electron chi connectivity index (χ4n) is 3.39. The van der Waals surface area contributed by atoms with Crippen LogP contribution in [-0.2, 0) is 9.59 Å². The van der Waals surface area contributed by atoms with Crippen molar-refractivity contribution in [3.8, 4) is 0 Å². The van der Waals surface area contributed by atoms with Crippen molar-refractivity contribution in [2.24, 2.45) is 5.92 Å². The smallest absolute Gasteiger partial charge is 0.245 e. The van der Waals surface area contributed by atoms with Gasteiger partial charge in [-0.15, -0.1) is 12.4 Å². The molecule has 0 spiro atoms. The van der Waals surface area contributed by atoms with Gasteiger partial charge in [0.2, 0.25) is 11.8 Å². The molecule has 0 unspecified atom stereocenters. The van der Waals surface area contributed by atoms with Crippen molar-refractivity contribution < 1.29 is 9.59 Å². The van der Waals surface area contributed by atoms with Crippen LogP contribution in [0.3, 0.4) is 0 Å². The van der Waals surface area contributed by atoms with E-state index in [1.165, 1.54) is 0 Å². The van der Waals surface area contributed by atoms with Crippen molar-refractivity contribution in [2.75, 3.05) is 19.6 Å². The third-order valence-corrected chi connectivity index (χ3v) is 4.75. The maximum absolute atomic E-state index is 12.6. The number of carbonyl (C=O) groups excluding carboxylic acids is 2. The molecule has 2 amide bonds. The Labute approximate surface area is 139 Å². The van der Waals surface area contributed by atoms with Gasteiger partial charge in [-0.25, -0.2) is 0 Å². The second kappa shape index (κ2) is 9.36. The van der Waals surface area contributed by atoms with Crippen LogP contribution in [0, 0.1) is 5.92 Å². The normalized spacial score (nSPS) is 21.5. The van der Waals surface area contributed by atoms with E-state index >= 15 is 0 Å². The summed E-state index contributed by atoms with van der Waals surface area (Å²) in [6, 6.07) is 0. The minimum absolute atomic E-state index is 0. The molecule has 128 valence electrons. The van der Waals surface area contributed by atoms with E-state index in [1.54, 1.807) is 0 Å². The van der Waals surface area contributed by atoms with Gasteiger partial charge in [0.25, 0.3) is 0 Å². The van der Waals surface area contributed by atoms with Crippen LogP contribution >= 0.6 is 12.4 Å². The first-order valence-corrected chi connectivity index (χ1v) is 8.49. The molecular weight excluding hydrogens is 302 g/mol. The number of piperidine rings is 1. The molecule has 5 nitrogen and oxygen atoms in total. The van der Waals surface area contributed by atoms with E-state index in [0.717, 1.165) is 64.5 Å². The first-order chi connectivity index (χ1) is 10.2. The zero-order valence-electron chi connectivity index (χ0n) is 13.6. The lowest BCUT2D eigenvalue weighted by molar-refractivity contribution is -0.137. The highest BCUT2D eigenvalue weighted by Crippen LogP contribution is 2.29. The van der Waals surface area contributed by atoms with Gasteiger partial charge in [0.15, 0.2) is 0 Å². The number of hydrogen-bond donors (Lipinski definition) is 3. The van der Waals surface area contributed by atoms with Crippen molar-refractivity contribution >= 4 is 24.2 Å². The summed E-state index contributed by atoms with van der Waals surface area (Å²) in [5, 5.41) is 9.39. The summed E-state index contributed by atoms with van der Waals surface area (Å²) in [6.45, 7) is 4.52. The van der Waals surface area contributed by atoms with Crippen molar-refractivity contribution in [2.45, 2.75) is 63.8 Å². The lowest BCUT2D eigenvalue weighted by atomic mass is 9.80. The van der Waals surface area contributed by atoms with Gasteiger partial charge in [0.1, 0.15) is 5.54 Å². The van der Waals surface area contributed by atoms with Crippen molar-refractivity contribution in [1.82, 2.24) is 16.0 Å². The van der Waals surface area contributed by atoms with Crippen molar-refractivity contribution in [3.05, 3.63) is 0 Å². The Morgan fingerprint density at radius 3 is 2.36 bits per heavy atom. The molecular formula is C16H30ClN3O2. The fraction of sp³-hybridized carbons (Fsp3) is 0.875. The molecule has 1 saturated heterocycles. The molecule has 6 heteroatoms. The average molecular weight is 332 g/mol. The van der Waals surface area contributed by atoms with Crippen LogP contribution in [0.15, 0.2) is 0 Å². The molecule has 3 N–H and O–H groups in total. The third-order valence-electron chi connectivity index (χ3n) is 4.75. The van der Waals surface area contributed by atoms with E-state index in [-0.39, 0.29) is 30.1 Å². The summed E-state index contributed by atoms with van der Waals surface area (Å²) in [4.78, 5) is 25.1. The molecule has 2 fully saturated rings. The summed E-state index contributed by atoms with van der Waals surface area (Å²) >= 11 is 0. The van der Waals surface area contributed by atoms with E-state index in [9.17, 15) is 9.59 Å². The molecule has 22 heavy (non-hydrogen) atoms. The van der Waals surface area contributed by atoms with E-state index in [1.807, 2.05) is 6.92 Å². The second-order valence-electron chi connectivity index (χ2n) is 6.41. The van der Waals surface area contributed by atoms with E-state index in [0.29, 0.717) is 6.54 Å². The molecule has 1 aliphatic carbocycles. The van der Waals surface area contributed by atoms with Crippen LogP contribution < -0.4 is 16.0 Å². The summed E-state index contributed by atoms with van der Waals surface area (Å²) in [7, 11) is 0. The van der Waals surface area contributed by atoms with Gasteiger partial charge in [-0.3, -0.25) is 9.59 Å². The van der Waals surface area contributed by atoms with Crippen LogP contribution in [0.1, 0.15) is 58.3 Å². The summed E-state index contributed by atoms with van der Waals surface area (Å²) in [5.41, 5.74) is -0.657. The number of rotatable bonds is 5. The Morgan fingerprint density at radius 1 is 1.14 bits per heavy atom. The monoisotopic (exact) mass is 331 g/mol. The van der Waals surface area contributed by atoms with Gasteiger partial charge in [-0.1, -0.05) is 26.2 Å². The molecule has 1 saturated carbocycles. The molecule has 2 aliphatic rings. The Kier molecular flexibility index (Phi) is 8.18. The van der Waals surface area contributed by atoms with E-state index in [2.05, 4.69) is 16.0 Å². The lowest BCUT2D eigenvalue weighted by Crippen LogP contribution is -2.61. The second-order valence-corrected chi connectivity index (χ2v) is 6.41. The predicted octanol–water partition coefficient (Wildman–Crippen LogP) is 1.75. The van der Waals surface area contributed by atoms with E-state index < -0.39 is 5.54 Å². The number of amides is 2. The predicted molar refractivity (Wildman–Crippen MR) is 90.1 cm³/mol. The summed E-state index contributed by atoms with van der Waals surface area (Å²) < 4.78 is 0. The number of nitrogens with one attached hydrogen (secondary N) is 3. The fourth-order valence-corrected chi connectivity index (χ4v) is 3.39. The molecule has 0 aromatic heterocycles. The average Bonchev–Trinajstić information content (AvgIpc) is 2.54. The van der Waals surface area contributed by atoms with Crippen molar-refractivity contribution in [1.29, 1.82) is 0 Å². The van der Waals surface area contributed by atoms with Crippen molar-refractivity contribution in [3.63, 3.8) is 0 Å². The zero-order valence-corrected chi connectivity index (χ0v) is 14.4. The molecule has 0 atom stereocenters. The Balaban J connectivity index is 0.00000242. The van der Waals surface area contributed by atoms with Gasteiger partial charge >= 0.3 is 0 Å². The Morgan fingerprint density at radius 2 is 1.77 bits per heavy atom. The standard InChI is InChI=1S/C16H29N3O2.ClH/c1-2-10-18-15(21)16(8-4-3-5-9-16)19-14(20)13-6-11-17-12-7-13;/h13,17H,2-12H2,1H3,(H,18,21)(H,19,20);1H. The zero-order chi connectivity index (χ0) is 15.1. The first kappa shape index (κ1) is 19.2. The summed E-state index contributed by atoms with van der Waals surface area (Å²) in [6.07, 6.45) is 7.42. The van der Waals surface area contributed by atoms with Gasteiger partial charge in [0, 0.05) is 12.5 Å². The van der Waals surface area contributed by atoms with E-state index in [4.69, 9.17) is 0 Å². The number of halogens is 1. The third kappa shape index (κ3) is 4.85. The molecule has 0 aromatic rings. The van der Waals surface area contributed by atoms with Gasteiger partial charge < -0.3 is 16.0 Å². The highest BCUT2D eigenvalue weighted by Gasteiger charge is 2.41. The lowest BCUT2D eigenvalue weighted by Gasteiger charge is -2.38. The quantitative estimate of drug-likeness (QED) is 0.719. The highest BCUT2D eigenvalue weighted by molar-refractivity contribution is 5.92. The molecule has 0 aromatic carbocycles. The van der Waals surface area contributed by atoms with Crippen LogP contribution in [-0.4, -0.2) is 37.0 Å². The largest absolute Gasteiger partial charge is 0.354 e. The maximum Gasteiger partial charge on any atom is 0.245 e. The minimum Gasteiger partial charge on any atom is -0.354 e. The molecule has 2 rings (SSSR count). The topological polar surface area (TPSA) is 70.2 Å². The molecule has 0 bridgehead atoms. The molecule has 0 radical (unpaired) electrons. The SMILES string of the molecule is CCCNC(=O)C1(NC(=O)C2CCNCC2)CCCCC1.Cl.